The van der Waals surface area contributed by atoms with Crippen molar-refractivity contribution in [2.24, 2.45) is 4.99 Å². The zero-order valence-corrected chi connectivity index (χ0v) is 9.02. The van der Waals surface area contributed by atoms with Gasteiger partial charge in [-0.3, -0.25) is 0 Å². The Labute approximate surface area is 91.0 Å². The first-order chi connectivity index (χ1) is 7.16. The van der Waals surface area contributed by atoms with Crippen molar-refractivity contribution in [2.45, 2.75) is 0 Å². The number of hydrogen-bond acceptors (Lipinski definition) is 4. The van der Waals surface area contributed by atoms with E-state index in [4.69, 9.17) is 11.6 Å². The van der Waals surface area contributed by atoms with Crippen molar-refractivity contribution in [3.05, 3.63) is 11.6 Å². The molecule has 0 unspecified atom stereocenters. The number of aromatic nitrogens is 4. The Balaban J connectivity index is 2.53. The van der Waals surface area contributed by atoms with Crippen LogP contribution in [0.4, 0.5) is 5.82 Å². The van der Waals surface area contributed by atoms with Crippen LogP contribution in [0.3, 0.4) is 0 Å². The minimum absolute atomic E-state index is 0.151. The summed E-state index contributed by atoms with van der Waals surface area (Å²) >= 11 is 5.74. The highest BCUT2D eigenvalue weighted by Crippen LogP contribution is 2.20. The Hall–Kier alpha value is -1.69. The summed E-state index contributed by atoms with van der Waals surface area (Å²) in [4.78, 5) is 20.8. The topological polar surface area (TPSA) is 70.1 Å². The fourth-order valence-electron chi connectivity index (χ4n) is 1.05. The van der Waals surface area contributed by atoms with Crippen LogP contribution in [0.1, 0.15) is 0 Å². The van der Waals surface area contributed by atoms with Crippen LogP contribution < -0.4 is 0 Å². The summed E-state index contributed by atoms with van der Waals surface area (Å²) in [7, 11) is 3.74. The predicted octanol–water partition coefficient (Wildman–Crippen LogP) is 1.23. The largest absolute Gasteiger partial charge is 0.369 e. The van der Waals surface area contributed by atoms with Crippen molar-refractivity contribution in [1.82, 2.24) is 24.8 Å². The monoisotopic (exact) mass is 224 g/mol. The molecule has 2 aromatic rings. The first-order valence-corrected chi connectivity index (χ1v) is 4.62. The second kappa shape index (κ2) is 3.82. The lowest BCUT2D eigenvalue weighted by molar-refractivity contribution is 0.643. The molecule has 0 aromatic carbocycles. The first kappa shape index (κ1) is 9.85. The van der Waals surface area contributed by atoms with E-state index in [1.54, 1.807) is 11.2 Å². The molecule has 0 saturated heterocycles. The molecule has 0 amide bonds. The number of nitrogens with one attached hydrogen (secondary N) is 1. The molecule has 2 aromatic heterocycles. The van der Waals surface area contributed by atoms with Crippen LogP contribution in [-0.4, -0.2) is 45.3 Å². The van der Waals surface area contributed by atoms with Crippen LogP contribution >= 0.6 is 11.6 Å². The molecule has 0 aliphatic carbocycles. The van der Waals surface area contributed by atoms with Crippen LogP contribution in [0, 0.1) is 0 Å². The Bertz CT molecular complexity index is 503. The standard InChI is InChI=1S/C8H9ClN6/c1-15(2)4-12-7-5-6(11-3-10-5)13-8(9)14-7/h3-4H,1-2H3,(H,10,11,13,14)/b12-4+. The number of H-pyrrole nitrogens is 1. The van der Waals surface area contributed by atoms with Crippen LogP contribution in [0.25, 0.3) is 11.2 Å². The summed E-state index contributed by atoms with van der Waals surface area (Å²) in [6.07, 6.45) is 3.16. The van der Waals surface area contributed by atoms with E-state index < -0.39 is 0 Å². The zero-order valence-electron chi connectivity index (χ0n) is 8.27. The van der Waals surface area contributed by atoms with Gasteiger partial charge in [-0.1, -0.05) is 0 Å². The second-order valence-corrected chi connectivity index (χ2v) is 3.46. The SMILES string of the molecule is CN(C)/C=N/c1nc(Cl)nc2[nH]cnc12. The van der Waals surface area contributed by atoms with Crippen molar-refractivity contribution in [3.8, 4) is 0 Å². The molecule has 0 spiro atoms. The molecule has 7 heteroatoms. The van der Waals surface area contributed by atoms with Gasteiger partial charge in [-0.2, -0.15) is 9.97 Å². The van der Waals surface area contributed by atoms with Gasteiger partial charge in [0.2, 0.25) is 5.28 Å². The van der Waals surface area contributed by atoms with Gasteiger partial charge >= 0.3 is 0 Å². The number of halogens is 1. The van der Waals surface area contributed by atoms with Gasteiger partial charge in [-0.25, -0.2) is 9.98 Å². The molecule has 0 bridgehead atoms. The van der Waals surface area contributed by atoms with Crippen molar-refractivity contribution in [2.75, 3.05) is 14.1 Å². The van der Waals surface area contributed by atoms with E-state index in [0.29, 0.717) is 17.0 Å². The third-order valence-electron chi connectivity index (χ3n) is 1.64. The van der Waals surface area contributed by atoms with Crippen molar-refractivity contribution >= 4 is 34.9 Å². The van der Waals surface area contributed by atoms with Gasteiger partial charge < -0.3 is 9.88 Å². The van der Waals surface area contributed by atoms with Gasteiger partial charge in [-0.05, 0) is 11.6 Å². The fourth-order valence-corrected chi connectivity index (χ4v) is 1.22. The lowest BCUT2D eigenvalue weighted by Crippen LogP contribution is -2.07. The molecule has 0 aliphatic heterocycles. The normalized spacial score (nSPS) is 11.4. The third kappa shape index (κ3) is 2.04. The number of rotatable bonds is 2. The maximum atomic E-state index is 5.74. The average molecular weight is 225 g/mol. The van der Waals surface area contributed by atoms with Gasteiger partial charge in [0.15, 0.2) is 17.0 Å². The molecular formula is C8H9ClN6. The Morgan fingerprint density at radius 3 is 3.00 bits per heavy atom. The smallest absolute Gasteiger partial charge is 0.226 e. The van der Waals surface area contributed by atoms with E-state index in [2.05, 4.69) is 24.9 Å². The minimum Gasteiger partial charge on any atom is -0.369 e. The molecule has 2 heterocycles. The lowest BCUT2D eigenvalue weighted by atomic mass is 10.5. The maximum absolute atomic E-state index is 5.74. The third-order valence-corrected chi connectivity index (χ3v) is 1.81. The average Bonchev–Trinajstić information content (AvgIpc) is 2.61. The van der Waals surface area contributed by atoms with Crippen LogP contribution in [-0.2, 0) is 0 Å². The van der Waals surface area contributed by atoms with Gasteiger partial charge in [0.1, 0.15) is 0 Å². The van der Waals surface area contributed by atoms with E-state index in [1.165, 1.54) is 6.33 Å². The number of nitrogens with zero attached hydrogens (tertiary/aromatic N) is 5. The molecule has 1 N–H and O–H groups in total. The molecule has 15 heavy (non-hydrogen) atoms. The summed E-state index contributed by atoms with van der Waals surface area (Å²) in [6, 6.07) is 0. The number of hydrogen-bond donors (Lipinski definition) is 1. The molecule has 6 nitrogen and oxygen atoms in total. The quantitative estimate of drug-likeness (QED) is 0.473. The van der Waals surface area contributed by atoms with E-state index in [1.807, 2.05) is 14.1 Å². The van der Waals surface area contributed by atoms with Crippen LogP contribution in [0.5, 0.6) is 0 Å². The highest BCUT2D eigenvalue weighted by molar-refractivity contribution is 6.28. The van der Waals surface area contributed by atoms with E-state index in [-0.39, 0.29) is 5.28 Å². The van der Waals surface area contributed by atoms with Crippen LogP contribution in [0.15, 0.2) is 11.3 Å². The van der Waals surface area contributed by atoms with Crippen molar-refractivity contribution in [3.63, 3.8) is 0 Å². The van der Waals surface area contributed by atoms with Gasteiger partial charge in [0.05, 0.1) is 12.7 Å². The molecule has 0 aliphatic rings. The summed E-state index contributed by atoms with van der Waals surface area (Å²) < 4.78 is 0. The summed E-state index contributed by atoms with van der Waals surface area (Å²) in [5.41, 5.74) is 1.19. The Morgan fingerprint density at radius 2 is 2.27 bits per heavy atom. The van der Waals surface area contributed by atoms with Gasteiger partial charge in [-0.15, -0.1) is 0 Å². The molecule has 78 valence electrons. The summed E-state index contributed by atoms with van der Waals surface area (Å²) in [5, 5.41) is 0.151. The van der Waals surface area contributed by atoms with Gasteiger partial charge in [0, 0.05) is 14.1 Å². The number of aliphatic imine (C=N–C) groups is 1. The summed E-state index contributed by atoms with van der Waals surface area (Å²) in [5.74, 6) is 0.458. The Morgan fingerprint density at radius 1 is 1.47 bits per heavy atom. The number of fused-ring (bicyclic) bond motifs is 1. The van der Waals surface area contributed by atoms with E-state index >= 15 is 0 Å². The number of aromatic amines is 1. The second-order valence-electron chi connectivity index (χ2n) is 3.12. The molecular weight excluding hydrogens is 216 g/mol. The van der Waals surface area contributed by atoms with Crippen molar-refractivity contribution < 1.29 is 0 Å². The Kier molecular flexibility index (Phi) is 2.51. The molecule has 0 atom stereocenters. The molecule has 0 fully saturated rings. The lowest BCUT2D eigenvalue weighted by Gasteiger charge is -2.02. The highest BCUT2D eigenvalue weighted by atomic mass is 35.5. The van der Waals surface area contributed by atoms with Gasteiger partial charge in [0.25, 0.3) is 0 Å². The fraction of sp³-hybridized carbons (Fsp3) is 0.250. The first-order valence-electron chi connectivity index (χ1n) is 4.24. The summed E-state index contributed by atoms with van der Waals surface area (Å²) in [6.45, 7) is 0. The van der Waals surface area contributed by atoms with E-state index in [9.17, 15) is 0 Å². The molecule has 0 saturated carbocycles. The zero-order chi connectivity index (χ0) is 10.8. The maximum Gasteiger partial charge on any atom is 0.226 e. The van der Waals surface area contributed by atoms with E-state index in [0.717, 1.165) is 0 Å². The molecule has 0 radical (unpaired) electrons. The van der Waals surface area contributed by atoms with Crippen LogP contribution in [0.2, 0.25) is 5.28 Å². The predicted molar refractivity (Wildman–Crippen MR) is 58.5 cm³/mol. The van der Waals surface area contributed by atoms with Crippen molar-refractivity contribution in [1.29, 1.82) is 0 Å². The minimum atomic E-state index is 0.151. The molecule has 2 rings (SSSR count). The highest BCUT2D eigenvalue weighted by Gasteiger charge is 2.07. The number of imidazole rings is 1.